The molecular weight excluding hydrogens is 548 g/mol. The fraction of sp³-hybridized carbons (Fsp3) is 0.303. The van der Waals surface area contributed by atoms with Crippen molar-refractivity contribution in [3.05, 3.63) is 85.5 Å². The Morgan fingerprint density at radius 2 is 1.56 bits per heavy atom. The van der Waals surface area contributed by atoms with E-state index in [2.05, 4.69) is 26.9 Å². The van der Waals surface area contributed by atoms with Crippen molar-refractivity contribution < 1.29 is 29.4 Å². The van der Waals surface area contributed by atoms with E-state index in [0.29, 0.717) is 38.9 Å². The molecule has 1 saturated heterocycles. The van der Waals surface area contributed by atoms with Gasteiger partial charge in [0.1, 0.15) is 0 Å². The maximum Gasteiger partial charge on any atom is 0.303 e. The molecule has 43 heavy (non-hydrogen) atoms. The van der Waals surface area contributed by atoms with E-state index in [1.165, 1.54) is 6.08 Å². The minimum absolute atomic E-state index is 0.0802. The van der Waals surface area contributed by atoms with Crippen LogP contribution in [0.2, 0.25) is 0 Å². The number of aliphatic carboxylic acids is 2. The molecular formula is C33H36N4O6. The number of allylic oxidation sites excluding steroid dienone is 3. The summed E-state index contributed by atoms with van der Waals surface area (Å²) >= 11 is 0. The average molecular weight is 585 g/mol. The van der Waals surface area contributed by atoms with Gasteiger partial charge in [0.25, 0.3) is 5.91 Å². The predicted octanol–water partition coefficient (Wildman–Crippen LogP) is 3.14. The first-order chi connectivity index (χ1) is 20.4. The lowest BCUT2D eigenvalue weighted by molar-refractivity contribution is -0.138. The Hall–Kier alpha value is -4.99. The minimum atomic E-state index is -0.934. The lowest BCUT2D eigenvalue weighted by Gasteiger charge is -2.03. The molecule has 10 heteroatoms. The molecule has 0 spiro atoms. The zero-order valence-electron chi connectivity index (χ0n) is 25.0. The van der Waals surface area contributed by atoms with Crippen LogP contribution in [0.25, 0.3) is 18.2 Å². The molecule has 2 aromatic rings. The van der Waals surface area contributed by atoms with Crippen LogP contribution in [0, 0.1) is 19.8 Å². The molecule has 2 aliphatic rings. The van der Waals surface area contributed by atoms with Crippen LogP contribution in [-0.4, -0.2) is 49.6 Å². The SMILES string of the molecule is C=CC1=C(C)C(C=c2[nH]/c(=C\c3[nH]c(/C=C4\NC(=O)[C@@H](C)\C4=C\C)c(C)c3CCC(=O)O)c(CCC(=O)O)c2C)=NC1=O. The third-order valence-electron chi connectivity index (χ3n) is 8.12. The van der Waals surface area contributed by atoms with Gasteiger partial charge in [-0.2, -0.15) is 0 Å². The summed E-state index contributed by atoms with van der Waals surface area (Å²) in [5, 5.41) is 23.1. The molecule has 4 rings (SSSR count). The first-order valence-corrected chi connectivity index (χ1v) is 14.1. The molecule has 10 nitrogen and oxygen atoms in total. The van der Waals surface area contributed by atoms with Gasteiger partial charge < -0.3 is 25.5 Å². The lowest BCUT2D eigenvalue weighted by atomic mass is 10.00. The highest BCUT2D eigenvalue weighted by atomic mass is 16.4. The molecule has 2 amide bonds. The van der Waals surface area contributed by atoms with Gasteiger partial charge in [-0.3, -0.25) is 19.2 Å². The van der Waals surface area contributed by atoms with Crippen molar-refractivity contribution in [2.24, 2.45) is 10.9 Å². The van der Waals surface area contributed by atoms with Gasteiger partial charge in [0.05, 0.1) is 11.6 Å². The Kier molecular flexibility index (Phi) is 8.99. The van der Waals surface area contributed by atoms with Crippen molar-refractivity contribution in [2.45, 2.75) is 60.3 Å². The summed E-state index contributed by atoms with van der Waals surface area (Å²) in [6.45, 7) is 13.0. The molecule has 1 atom stereocenters. The smallest absolute Gasteiger partial charge is 0.303 e. The largest absolute Gasteiger partial charge is 0.481 e. The summed E-state index contributed by atoms with van der Waals surface area (Å²) in [5.41, 5.74) is 7.87. The van der Waals surface area contributed by atoms with Gasteiger partial charge in [-0.1, -0.05) is 18.7 Å². The summed E-state index contributed by atoms with van der Waals surface area (Å²) in [4.78, 5) is 58.6. The van der Waals surface area contributed by atoms with Crippen molar-refractivity contribution in [3.63, 3.8) is 0 Å². The first-order valence-electron chi connectivity index (χ1n) is 14.1. The van der Waals surface area contributed by atoms with Crippen LogP contribution < -0.4 is 16.0 Å². The highest BCUT2D eigenvalue weighted by Crippen LogP contribution is 2.29. The average Bonchev–Trinajstić information content (AvgIpc) is 3.59. The van der Waals surface area contributed by atoms with E-state index in [1.54, 1.807) is 13.0 Å². The number of H-pyrrole nitrogens is 2. The number of hydrogen-bond acceptors (Lipinski definition) is 4. The molecule has 0 bridgehead atoms. The summed E-state index contributed by atoms with van der Waals surface area (Å²) in [5.74, 6) is -2.59. The summed E-state index contributed by atoms with van der Waals surface area (Å²) in [6, 6.07) is 0. The zero-order valence-corrected chi connectivity index (χ0v) is 25.0. The zero-order chi connectivity index (χ0) is 31.6. The minimum Gasteiger partial charge on any atom is -0.481 e. The van der Waals surface area contributed by atoms with Gasteiger partial charge in [0.2, 0.25) is 5.91 Å². The van der Waals surface area contributed by atoms with E-state index in [4.69, 9.17) is 0 Å². The Morgan fingerprint density at radius 3 is 2.14 bits per heavy atom. The second kappa shape index (κ2) is 12.5. The normalized spacial score (nSPS) is 19.7. The number of carbonyl (C=O) groups excluding carboxylic acids is 2. The fourth-order valence-electron chi connectivity index (χ4n) is 5.57. The van der Waals surface area contributed by atoms with E-state index in [-0.39, 0.29) is 43.4 Å². The van der Waals surface area contributed by atoms with Crippen molar-refractivity contribution >= 4 is 47.7 Å². The van der Waals surface area contributed by atoms with Crippen LogP contribution >= 0.6 is 0 Å². The highest BCUT2D eigenvalue weighted by Gasteiger charge is 2.29. The number of nitrogens with zero attached hydrogens (tertiary/aromatic N) is 1. The maximum atomic E-state index is 12.3. The standard InChI is InChI=1S/C33H36N4O6/c1-7-20-19(6)32(42)37-27(20)14-25-18(5)23(10-12-31(40)41)29(35-25)15-28-22(9-11-30(38)39)17(4)24(34-28)13-26-16(3)21(8-2)33(43)36-26/h7-8,13-15,19,34-35H,2,9-12H2,1,3-6H3,(H,37,42)(H,38,39)(H,40,41)/b20-7-,24-13?,27-14-,28-15-/t19-/m0/s1. The van der Waals surface area contributed by atoms with Crippen LogP contribution in [0.5, 0.6) is 0 Å². The molecule has 2 aromatic heterocycles. The van der Waals surface area contributed by atoms with E-state index in [1.807, 2.05) is 45.9 Å². The van der Waals surface area contributed by atoms with Crippen molar-refractivity contribution in [2.75, 3.05) is 0 Å². The molecule has 1 fully saturated rings. The van der Waals surface area contributed by atoms with Crippen molar-refractivity contribution in [3.8, 4) is 0 Å². The topological polar surface area (TPSA) is 165 Å². The number of amides is 2. The number of carbonyl (C=O) groups is 4. The van der Waals surface area contributed by atoms with E-state index < -0.39 is 11.9 Å². The van der Waals surface area contributed by atoms with Gasteiger partial charge in [-0.15, -0.1) is 0 Å². The predicted molar refractivity (Wildman–Crippen MR) is 165 cm³/mol. The highest BCUT2D eigenvalue weighted by molar-refractivity contribution is 6.31. The molecule has 4 heterocycles. The number of aromatic nitrogens is 2. The summed E-state index contributed by atoms with van der Waals surface area (Å²) in [6.07, 6.45) is 9.23. The number of aromatic amines is 2. The number of hydrogen-bond donors (Lipinski definition) is 5. The van der Waals surface area contributed by atoms with Gasteiger partial charge in [0.15, 0.2) is 0 Å². The molecule has 0 aliphatic carbocycles. The summed E-state index contributed by atoms with van der Waals surface area (Å²) in [7, 11) is 0. The van der Waals surface area contributed by atoms with Gasteiger partial charge in [-0.05, 0) is 99.1 Å². The molecule has 0 unspecified atom stereocenters. The van der Waals surface area contributed by atoms with Crippen LogP contribution in [0.3, 0.4) is 0 Å². The number of aliphatic imine (C=N–C) groups is 1. The first kappa shape index (κ1) is 31.0. The van der Waals surface area contributed by atoms with Crippen molar-refractivity contribution in [1.82, 2.24) is 15.3 Å². The quantitative estimate of drug-likeness (QED) is 0.288. The molecule has 2 aliphatic heterocycles. The monoisotopic (exact) mass is 584 g/mol. The third-order valence-corrected chi connectivity index (χ3v) is 8.12. The van der Waals surface area contributed by atoms with Crippen molar-refractivity contribution in [1.29, 1.82) is 0 Å². The molecule has 224 valence electrons. The Bertz CT molecular complexity index is 1810. The molecule has 0 saturated carbocycles. The second-order valence-corrected chi connectivity index (χ2v) is 10.7. The number of carboxylic acids is 2. The van der Waals surface area contributed by atoms with Crippen LogP contribution in [0.1, 0.15) is 67.3 Å². The fourth-order valence-corrected chi connectivity index (χ4v) is 5.57. The lowest BCUT2D eigenvalue weighted by Crippen LogP contribution is -2.16. The van der Waals surface area contributed by atoms with Crippen LogP contribution in [0.4, 0.5) is 0 Å². The summed E-state index contributed by atoms with van der Waals surface area (Å²) < 4.78 is 0. The molecule has 0 aromatic carbocycles. The Morgan fingerprint density at radius 1 is 0.907 bits per heavy atom. The van der Waals surface area contributed by atoms with Gasteiger partial charge >= 0.3 is 11.9 Å². The molecule has 5 N–H and O–H groups in total. The molecule has 0 radical (unpaired) electrons. The maximum absolute atomic E-state index is 12.3. The van der Waals surface area contributed by atoms with E-state index in [9.17, 15) is 29.4 Å². The van der Waals surface area contributed by atoms with E-state index in [0.717, 1.165) is 33.5 Å². The van der Waals surface area contributed by atoms with Gasteiger partial charge in [-0.25, -0.2) is 4.99 Å². The number of carboxylic acid groups (broad SMARTS) is 2. The van der Waals surface area contributed by atoms with E-state index >= 15 is 0 Å². The second-order valence-electron chi connectivity index (χ2n) is 10.7. The Labute approximate surface area is 249 Å². The number of rotatable bonds is 10. The van der Waals surface area contributed by atoms with Gasteiger partial charge in [0, 0.05) is 46.2 Å². The third kappa shape index (κ3) is 6.28. The number of nitrogens with one attached hydrogen (secondary N) is 3. The Balaban J connectivity index is 1.91. The van der Waals surface area contributed by atoms with Crippen LogP contribution in [0.15, 0.2) is 46.1 Å². The van der Waals surface area contributed by atoms with Crippen LogP contribution in [-0.2, 0) is 32.0 Å².